The van der Waals surface area contributed by atoms with Crippen LogP contribution in [0.2, 0.25) is 0 Å². The molecular formula is C58H80N4O10. The van der Waals surface area contributed by atoms with E-state index >= 15 is 0 Å². The zero-order chi connectivity index (χ0) is 52.0. The van der Waals surface area contributed by atoms with E-state index in [0.29, 0.717) is 56.8 Å². The van der Waals surface area contributed by atoms with Crippen LogP contribution in [0.4, 0.5) is 32.3 Å². The topological polar surface area (TPSA) is 132 Å². The van der Waals surface area contributed by atoms with Crippen molar-refractivity contribution in [1.29, 1.82) is 0 Å². The molecule has 2 amide bonds. The van der Waals surface area contributed by atoms with E-state index in [9.17, 15) is 14.7 Å². The number of anilines is 4. The summed E-state index contributed by atoms with van der Waals surface area (Å²) < 4.78 is 40.3. The van der Waals surface area contributed by atoms with Gasteiger partial charge in [0.05, 0.1) is 62.4 Å². The van der Waals surface area contributed by atoms with Crippen LogP contribution in [-0.4, -0.2) is 125 Å². The minimum absolute atomic E-state index is 0.173. The van der Waals surface area contributed by atoms with Crippen molar-refractivity contribution in [3.63, 3.8) is 0 Å². The Morgan fingerprint density at radius 2 is 1.06 bits per heavy atom. The Morgan fingerprint density at radius 3 is 1.54 bits per heavy atom. The van der Waals surface area contributed by atoms with Crippen LogP contribution in [0.15, 0.2) is 66.7 Å². The van der Waals surface area contributed by atoms with E-state index in [4.69, 9.17) is 33.2 Å². The van der Waals surface area contributed by atoms with Gasteiger partial charge in [-0.05, 0) is 103 Å². The van der Waals surface area contributed by atoms with Crippen LogP contribution in [0.3, 0.4) is 0 Å². The number of hydrogen-bond acceptors (Lipinski definition) is 11. The average molecular weight is 993 g/mol. The van der Waals surface area contributed by atoms with Crippen LogP contribution in [-0.2, 0) is 53.1 Å². The zero-order valence-electron chi connectivity index (χ0n) is 45.1. The first-order chi connectivity index (χ1) is 34.1. The maximum Gasteiger partial charge on any atom is 0.419 e. The summed E-state index contributed by atoms with van der Waals surface area (Å²) in [4.78, 5) is 34.2. The van der Waals surface area contributed by atoms with Crippen LogP contribution in [0.1, 0.15) is 122 Å². The predicted octanol–water partition coefficient (Wildman–Crippen LogP) is 11.3. The van der Waals surface area contributed by atoms with Crippen molar-refractivity contribution in [2.24, 2.45) is 0 Å². The van der Waals surface area contributed by atoms with E-state index in [0.717, 1.165) is 122 Å². The van der Waals surface area contributed by atoms with Crippen molar-refractivity contribution in [2.45, 2.75) is 118 Å². The molecule has 0 radical (unpaired) electrons. The number of morpholine rings is 2. The third kappa shape index (κ3) is 12.6. The largest absolute Gasteiger partial charge is 0.492 e. The Balaban J connectivity index is 0.000000211. The number of ether oxygens (including phenoxy) is 7. The maximum atomic E-state index is 13.6. The van der Waals surface area contributed by atoms with Crippen LogP contribution in [0.5, 0.6) is 11.5 Å². The van der Waals surface area contributed by atoms with Gasteiger partial charge in [0.2, 0.25) is 0 Å². The molecule has 14 heteroatoms. The van der Waals surface area contributed by atoms with Gasteiger partial charge in [-0.3, -0.25) is 9.80 Å². The molecule has 0 saturated carbocycles. The van der Waals surface area contributed by atoms with Crippen LogP contribution in [0.25, 0.3) is 0 Å². The molecule has 4 aromatic carbocycles. The van der Waals surface area contributed by atoms with E-state index in [1.807, 2.05) is 77.1 Å². The number of hydrogen-bond donors (Lipinski definition) is 1. The summed E-state index contributed by atoms with van der Waals surface area (Å²) in [6.07, 6.45) is -1.41. The molecule has 72 heavy (non-hydrogen) atoms. The lowest BCUT2D eigenvalue weighted by Crippen LogP contribution is -2.40. The van der Waals surface area contributed by atoms with Crippen LogP contribution < -0.4 is 19.3 Å². The molecule has 0 aromatic heterocycles. The summed E-state index contributed by atoms with van der Waals surface area (Å²) in [7, 11) is 0. The molecule has 4 aliphatic rings. The quantitative estimate of drug-likeness (QED) is 0.129. The Labute approximate surface area is 428 Å². The predicted molar refractivity (Wildman–Crippen MR) is 283 cm³/mol. The minimum Gasteiger partial charge on any atom is -0.492 e. The second-order valence-corrected chi connectivity index (χ2v) is 22.1. The molecule has 0 unspecified atom stereocenters. The smallest absolute Gasteiger partial charge is 0.419 e. The van der Waals surface area contributed by atoms with Crippen LogP contribution >= 0.6 is 0 Å². The van der Waals surface area contributed by atoms with Gasteiger partial charge in [-0.1, -0.05) is 78.8 Å². The summed E-state index contributed by atoms with van der Waals surface area (Å²) in [6, 6.07) is 22.3. The highest BCUT2D eigenvalue weighted by Crippen LogP contribution is 2.54. The van der Waals surface area contributed by atoms with Gasteiger partial charge in [0, 0.05) is 75.4 Å². The molecule has 2 fully saturated rings. The van der Waals surface area contributed by atoms with Gasteiger partial charge >= 0.3 is 12.2 Å². The van der Waals surface area contributed by atoms with E-state index in [2.05, 4.69) is 82.5 Å². The van der Waals surface area contributed by atoms with Crippen LogP contribution in [0, 0.1) is 0 Å². The number of carbonyl (C=O) groups excluding carboxylic acids is 1. The van der Waals surface area contributed by atoms with Crippen molar-refractivity contribution in [1.82, 2.24) is 9.80 Å². The number of fused-ring (bicyclic) bond motifs is 4. The molecule has 0 spiro atoms. The number of benzene rings is 4. The van der Waals surface area contributed by atoms with Crippen molar-refractivity contribution in [2.75, 3.05) is 102 Å². The van der Waals surface area contributed by atoms with E-state index in [-0.39, 0.29) is 10.8 Å². The van der Waals surface area contributed by atoms with Gasteiger partial charge < -0.3 is 38.3 Å². The fourth-order valence-corrected chi connectivity index (χ4v) is 10.1. The van der Waals surface area contributed by atoms with Gasteiger partial charge in [-0.15, -0.1) is 0 Å². The standard InChI is InChI=1S/2C29H40N2O5/c1-7-33-20-21-8-10-23-25(18-21)31(27(32)36-28(2,3)4)26-19-22(9-11-24(26)29(23,5)6)35-17-14-30-12-15-34-16-13-30;1-7-34-19-20-16-23(28(2,3)4)26-25(17-20)31(27(32)33)24-18-21(8-9-22(24)29(26,5)6)36-15-12-30-10-13-35-14-11-30/h8-11,18-19H,7,12-17,20H2,1-6H3;8-9,16-18H,7,10-15,19H2,1-6H3,(H,32,33). The zero-order valence-corrected chi connectivity index (χ0v) is 45.1. The van der Waals surface area contributed by atoms with Gasteiger partial charge in [-0.2, -0.15) is 0 Å². The first-order valence-corrected chi connectivity index (χ1v) is 25.8. The second kappa shape index (κ2) is 22.9. The fourth-order valence-electron chi connectivity index (χ4n) is 10.1. The van der Waals surface area contributed by atoms with Crippen molar-refractivity contribution >= 4 is 34.9 Å². The lowest BCUT2D eigenvalue weighted by molar-refractivity contribution is 0.0321. The van der Waals surface area contributed by atoms with E-state index in [1.54, 1.807) is 4.90 Å². The second-order valence-electron chi connectivity index (χ2n) is 22.1. The molecule has 4 heterocycles. The molecule has 0 atom stereocenters. The third-order valence-electron chi connectivity index (χ3n) is 13.9. The monoisotopic (exact) mass is 993 g/mol. The maximum absolute atomic E-state index is 13.6. The molecule has 1 N–H and O–H groups in total. The Morgan fingerprint density at radius 1 is 0.597 bits per heavy atom. The van der Waals surface area contributed by atoms with Crippen molar-refractivity contribution in [3.05, 3.63) is 106 Å². The number of rotatable bonds is 14. The molecule has 2 saturated heterocycles. The first kappa shape index (κ1) is 54.6. The number of carboxylic acid groups (broad SMARTS) is 1. The highest BCUT2D eigenvalue weighted by Gasteiger charge is 2.43. The number of nitrogens with zero attached hydrogens (tertiary/aromatic N) is 4. The summed E-state index contributed by atoms with van der Waals surface area (Å²) in [5.74, 6) is 1.41. The lowest BCUT2D eigenvalue weighted by atomic mass is 9.67. The van der Waals surface area contributed by atoms with Gasteiger partial charge in [0.1, 0.15) is 30.3 Å². The minimum atomic E-state index is -1.01. The molecular weight excluding hydrogens is 913 g/mol. The Bertz CT molecular complexity index is 2520. The molecule has 392 valence electrons. The first-order valence-electron chi connectivity index (χ1n) is 25.8. The molecule has 4 aromatic rings. The number of amides is 2. The lowest BCUT2D eigenvalue weighted by Gasteiger charge is -2.43. The highest BCUT2D eigenvalue weighted by atomic mass is 16.6. The molecule has 0 aliphatic carbocycles. The molecule has 8 rings (SSSR count). The fraction of sp³-hybridized carbons (Fsp3) is 0.552. The molecule has 0 bridgehead atoms. The summed E-state index contributed by atoms with van der Waals surface area (Å²) in [6.45, 7) is 36.5. The van der Waals surface area contributed by atoms with Crippen molar-refractivity contribution < 1.29 is 47.9 Å². The highest BCUT2D eigenvalue weighted by molar-refractivity contribution is 6.01. The van der Waals surface area contributed by atoms with E-state index in [1.165, 1.54) is 4.90 Å². The molecule has 14 nitrogen and oxygen atoms in total. The van der Waals surface area contributed by atoms with Crippen molar-refractivity contribution in [3.8, 4) is 11.5 Å². The van der Waals surface area contributed by atoms with Gasteiger partial charge in [0.15, 0.2) is 0 Å². The third-order valence-corrected chi connectivity index (χ3v) is 13.9. The van der Waals surface area contributed by atoms with E-state index < -0.39 is 23.2 Å². The average Bonchev–Trinajstić information content (AvgIpc) is 3.32. The number of carbonyl (C=O) groups is 2. The Hall–Kier alpha value is -5.22. The molecule has 4 aliphatic heterocycles. The normalized spacial score (nSPS) is 17.4. The SMILES string of the molecule is CCOCc1cc2c(c(C(C)(C)C)c1)C(C)(C)c1ccc(OCCN3CCOCC3)cc1N2C(=O)O.CCOCc1ccc2c(c1)N(C(=O)OC(C)(C)C)c1cc(OCCN3CCOCC3)ccc1C2(C)C. The van der Waals surface area contributed by atoms with Gasteiger partial charge in [-0.25, -0.2) is 19.4 Å². The summed E-state index contributed by atoms with van der Waals surface area (Å²) in [5.41, 5.74) is 8.75. The summed E-state index contributed by atoms with van der Waals surface area (Å²) >= 11 is 0. The Kier molecular flexibility index (Phi) is 17.4. The van der Waals surface area contributed by atoms with Gasteiger partial charge in [0.25, 0.3) is 0 Å². The summed E-state index contributed by atoms with van der Waals surface area (Å²) in [5, 5.41) is 10.4.